The highest BCUT2D eigenvalue weighted by Crippen LogP contribution is 2.34. The molecule has 0 aromatic heterocycles. The van der Waals surface area contributed by atoms with Gasteiger partial charge in [0.2, 0.25) is 5.91 Å². The number of nitrogens with zero attached hydrogens (tertiary/aromatic N) is 1. The van der Waals surface area contributed by atoms with Crippen molar-refractivity contribution in [2.45, 2.75) is 38.0 Å². The SMILES string of the molecule is O=C(C1CC1)N1CCCC[C@@H](c2ccc(Cl)cc2)C1. The lowest BCUT2D eigenvalue weighted by molar-refractivity contribution is -0.132. The van der Waals surface area contributed by atoms with E-state index in [1.54, 1.807) is 0 Å². The number of amides is 1. The number of carbonyl (C=O) groups excluding carboxylic acids is 1. The van der Waals surface area contributed by atoms with E-state index in [9.17, 15) is 4.79 Å². The molecule has 1 heterocycles. The Morgan fingerprint density at radius 3 is 2.53 bits per heavy atom. The summed E-state index contributed by atoms with van der Waals surface area (Å²) >= 11 is 5.95. The average Bonchev–Trinajstić information content (AvgIpc) is 3.26. The average molecular weight is 278 g/mol. The van der Waals surface area contributed by atoms with Gasteiger partial charge >= 0.3 is 0 Å². The van der Waals surface area contributed by atoms with Crippen molar-refractivity contribution in [3.05, 3.63) is 34.9 Å². The molecule has 3 rings (SSSR count). The Morgan fingerprint density at radius 2 is 1.84 bits per heavy atom. The molecule has 0 N–H and O–H groups in total. The Labute approximate surface area is 119 Å². The summed E-state index contributed by atoms with van der Waals surface area (Å²) in [5.74, 6) is 1.20. The Morgan fingerprint density at radius 1 is 1.11 bits per heavy atom. The molecule has 1 saturated heterocycles. The zero-order valence-corrected chi connectivity index (χ0v) is 11.9. The Kier molecular flexibility index (Phi) is 3.79. The second kappa shape index (κ2) is 5.54. The molecule has 0 spiro atoms. The highest BCUT2D eigenvalue weighted by Gasteiger charge is 2.34. The molecule has 2 fully saturated rings. The summed E-state index contributed by atoms with van der Waals surface area (Å²) in [6.07, 6.45) is 5.72. The van der Waals surface area contributed by atoms with Crippen LogP contribution in [0.4, 0.5) is 0 Å². The van der Waals surface area contributed by atoms with Crippen LogP contribution in [-0.2, 0) is 4.79 Å². The highest BCUT2D eigenvalue weighted by atomic mass is 35.5. The van der Waals surface area contributed by atoms with Gasteiger partial charge in [-0.2, -0.15) is 0 Å². The van der Waals surface area contributed by atoms with E-state index in [2.05, 4.69) is 17.0 Å². The molecule has 1 aliphatic heterocycles. The van der Waals surface area contributed by atoms with E-state index in [1.807, 2.05) is 12.1 Å². The van der Waals surface area contributed by atoms with Gasteiger partial charge in [-0.15, -0.1) is 0 Å². The lowest BCUT2D eigenvalue weighted by atomic mass is 9.94. The van der Waals surface area contributed by atoms with E-state index < -0.39 is 0 Å². The van der Waals surface area contributed by atoms with Crippen LogP contribution in [0.15, 0.2) is 24.3 Å². The smallest absolute Gasteiger partial charge is 0.225 e. The van der Waals surface area contributed by atoms with Crippen LogP contribution >= 0.6 is 11.6 Å². The Balaban J connectivity index is 1.73. The monoisotopic (exact) mass is 277 g/mol. The molecular formula is C16H20ClNO. The van der Waals surface area contributed by atoms with Gasteiger partial charge in [-0.25, -0.2) is 0 Å². The summed E-state index contributed by atoms with van der Waals surface area (Å²) in [6.45, 7) is 1.83. The first kappa shape index (κ1) is 13.0. The predicted octanol–water partition coefficient (Wildman–Crippen LogP) is 3.85. The third-order valence-corrected chi connectivity index (χ3v) is 4.50. The van der Waals surface area contributed by atoms with E-state index in [-0.39, 0.29) is 0 Å². The number of carbonyl (C=O) groups is 1. The minimum Gasteiger partial charge on any atom is -0.342 e. The fourth-order valence-corrected chi connectivity index (χ4v) is 3.06. The molecule has 1 saturated carbocycles. The van der Waals surface area contributed by atoms with Gasteiger partial charge in [-0.3, -0.25) is 4.79 Å². The summed E-state index contributed by atoms with van der Waals surface area (Å²) in [6, 6.07) is 8.12. The maximum absolute atomic E-state index is 12.2. The molecule has 3 heteroatoms. The maximum atomic E-state index is 12.2. The van der Waals surface area contributed by atoms with E-state index in [0.29, 0.717) is 17.7 Å². The van der Waals surface area contributed by atoms with Crippen molar-refractivity contribution in [2.75, 3.05) is 13.1 Å². The standard InChI is InChI=1S/C16H20ClNO/c17-15-8-6-12(7-9-15)14-3-1-2-10-18(11-14)16(19)13-4-5-13/h6-9,13-14H,1-5,10-11H2/t14-/m1/s1. The quantitative estimate of drug-likeness (QED) is 0.804. The second-order valence-electron chi connectivity index (χ2n) is 5.80. The first-order valence-electron chi connectivity index (χ1n) is 7.28. The Bertz CT molecular complexity index is 452. The van der Waals surface area contributed by atoms with E-state index in [1.165, 1.54) is 18.4 Å². The highest BCUT2D eigenvalue weighted by molar-refractivity contribution is 6.30. The van der Waals surface area contributed by atoms with Gasteiger partial charge < -0.3 is 4.90 Å². The summed E-state index contributed by atoms with van der Waals surface area (Å²) in [5, 5.41) is 0.781. The van der Waals surface area contributed by atoms with E-state index >= 15 is 0 Å². The molecule has 2 aliphatic rings. The predicted molar refractivity (Wildman–Crippen MR) is 77.3 cm³/mol. The van der Waals surface area contributed by atoms with Crippen molar-refractivity contribution in [1.82, 2.24) is 4.90 Å². The molecule has 19 heavy (non-hydrogen) atoms. The number of hydrogen-bond donors (Lipinski definition) is 0. The summed E-state index contributed by atoms with van der Waals surface area (Å²) in [4.78, 5) is 14.4. The van der Waals surface area contributed by atoms with Gasteiger partial charge in [-0.1, -0.05) is 30.2 Å². The van der Waals surface area contributed by atoms with Gasteiger partial charge in [-0.05, 0) is 43.4 Å². The number of halogens is 1. The van der Waals surface area contributed by atoms with Crippen LogP contribution in [0.2, 0.25) is 5.02 Å². The van der Waals surface area contributed by atoms with E-state index in [0.717, 1.165) is 37.4 Å². The minimum atomic E-state index is 0.337. The van der Waals surface area contributed by atoms with Crippen LogP contribution < -0.4 is 0 Å². The third kappa shape index (κ3) is 3.11. The van der Waals surface area contributed by atoms with Crippen molar-refractivity contribution in [1.29, 1.82) is 0 Å². The van der Waals surface area contributed by atoms with E-state index in [4.69, 9.17) is 11.6 Å². The molecular weight excluding hydrogens is 258 g/mol. The first-order valence-corrected chi connectivity index (χ1v) is 7.66. The summed E-state index contributed by atoms with van der Waals surface area (Å²) < 4.78 is 0. The summed E-state index contributed by atoms with van der Waals surface area (Å²) in [5.41, 5.74) is 1.32. The van der Waals surface area contributed by atoms with Gasteiger partial charge in [0.25, 0.3) is 0 Å². The Hall–Kier alpha value is -1.02. The first-order chi connectivity index (χ1) is 9.24. The maximum Gasteiger partial charge on any atom is 0.225 e. The number of likely N-dealkylation sites (tertiary alicyclic amines) is 1. The van der Waals surface area contributed by atoms with Gasteiger partial charge in [0.1, 0.15) is 0 Å². The third-order valence-electron chi connectivity index (χ3n) is 4.25. The zero-order chi connectivity index (χ0) is 13.2. The fourth-order valence-electron chi connectivity index (χ4n) is 2.94. The number of hydrogen-bond acceptors (Lipinski definition) is 1. The molecule has 0 radical (unpaired) electrons. The van der Waals surface area contributed by atoms with Crippen molar-refractivity contribution in [2.24, 2.45) is 5.92 Å². The molecule has 102 valence electrons. The van der Waals surface area contributed by atoms with Crippen molar-refractivity contribution >= 4 is 17.5 Å². The second-order valence-corrected chi connectivity index (χ2v) is 6.24. The van der Waals surface area contributed by atoms with Crippen molar-refractivity contribution in [3.63, 3.8) is 0 Å². The topological polar surface area (TPSA) is 20.3 Å². The van der Waals surface area contributed by atoms with Crippen LogP contribution in [0.3, 0.4) is 0 Å². The van der Waals surface area contributed by atoms with Crippen molar-refractivity contribution in [3.8, 4) is 0 Å². The number of benzene rings is 1. The largest absolute Gasteiger partial charge is 0.342 e. The molecule has 1 atom stereocenters. The summed E-state index contributed by atoms with van der Waals surface area (Å²) in [7, 11) is 0. The fraction of sp³-hybridized carbons (Fsp3) is 0.562. The lowest BCUT2D eigenvalue weighted by Gasteiger charge is -2.25. The molecule has 0 bridgehead atoms. The van der Waals surface area contributed by atoms with Crippen LogP contribution in [-0.4, -0.2) is 23.9 Å². The normalized spacial score (nSPS) is 24.1. The lowest BCUT2D eigenvalue weighted by Crippen LogP contribution is -2.35. The molecule has 1 aliphatic carbocycles. The molecule has 2 nitrogen and oxygen atoms in total. The van der Waals surface area contributed by atoms with Gasteiger partial charge in [0.05, 0.1) is 0 Å². The molecule has 1 amide bonds. The number of rotatable bonds is 2. The van der Waals surface area contributed by atoms with Gasteiger partial charge in [0, 0.05) is 29.9 Å². The van der Waals surface area contributed by atoms with Crippen LogP contribution in [0.5, 0.6) is 0 Å². The minimum absolute atomic E-state index is 0.337. The molecule has 0 unspecified atom stereocenters. The van der Waals surface area contributed by atoms with Crippen LogP contribution in [0, 0.1) is 5.92 Å². The van der Waals surface area contributed by atoms with Crippen molar-refractivity contribution < 1.29 is 4.79 Å². The van der Waals surface area contributed by atoms with Crippen LogP contribution in [0.1, 0.15) is 43.6 Å². The molecule has 1 aromatic carbocycles. The van der Waals surface area contributed by atoms with Crippen LogP contribution in [0.25, 0.3) is 0 Å². The molecule has 1 aromatic rings. The van der Waals surface area contributed by atoms with Gasteiger partial charge in [0.15, 0.2) is 0 Å². The zero-order valence-electron chi connectivity index (χ0n) is 11.1.